The van der Waals surface area contributed by atoms with Crippen LogP contribution in [0, 0.1) is 5.92 Å². The van der Waals surface area contributed by atoms with E-state index in [9.17, 15) is 9.59 Å². The Morgan fingerprint density at radius 2 is 1.91 bits per heavy atom. The summed E-state index contributed by atoms with van der Waals surface area (Å²) in [4.78, 5) is 31.6. The van der Waals surface area contributed by atoms with Gasteiger partial charge in [-0.3, -0.25) is 14.5 Å². The molecule has 0 radical (unpaired) electrons. The van der Waals surface area contributed by atoms with Crippen molar-refractivity contribution in [1.82, 2.24) is 9.80 Å². The second kappa shape index (κ2) is 10.1. The molecule has 1 N–H and O–H groups in total. The molecule has 2 aliphatic heterocycles. The number of morpholine rings is 1. The number of halogens is 2. The molecule has 2 aromatic carbocycles. The molecular weight excluding hydrogens is 485 g/mol. The van der Waals surface area contributed by atoms with Crippen LogP contribution in [0.25, 0.3) is 0 Å². The van der Waals surface area contributed by atoms with Crippen LogP contribution >= 0.6 is 23.2 Å². The van der Waals surface area contributed by atoms with Gasteiger partial charge in [0.1, 0.15) is 5.54 Å². The number of rotatable bonds is 6. The predicted octanol–water partition coefficient (Wildman–Crippen LogP) is 4.73. The molecule has 2 fully saturated rings. The molecule has 3 aliphatic rings. The molecule has 2 unspecified atom stereocenters. The van der Waals surface area contributed by atoms with Gasteiger partial charge in [-0.25, -0.2) is 0 Å². The highest BCUT2D eigenvalue weighted by Crippen LogP contribution is 2.47. The summed E-state index contributed by atoms with van der Waals surface area (Å²) in [5.74, 6) is 0.455. The van der Waals surface area contributed by atoms with Crippen LogP contribution in [0.2, 0.25) is 10.0 Å². The highest BCUT2D eigenvalue weighted by molar-refractivity contribution is 6.31. The van der Waals surface area contributed by atoms with Crippen molar-refractivity contribution in [3.8, 4) is 0 Å². The topological polar surface area (TPSA) is 61.9 Å². The lowest BCUT2D eigenvalue weighted by atomic mass is 9.81. The number of amides is 2. The molecule has 1 aliphatic carbocycles. The first-order valence-electron chi connectivity index (χ1n) is 12.3. The van der Waals surface area contributed by atoms with Crippen LogP contribution in [-0.4, -0.2) is 60.5 Å². The number of benzene rings is 2. The first-order valence-corrected chi connectivity index (χ1v) is 13.1. The van der Waals surface area contributed by atoms with Crippen molar-refractivity contribution < 1.29 is 14.3 Å². The number of anilines is 1. The third-order valence-corrected chi connectivity index (χ3v) is 8.14. The zero-order chi connectivity index (χ0) is 24.6. The second-order valence-electron chi connectivity index (χ2n) is 10.0. The minimum Gasteiger partial charge on any atom is -0.378 e. The van der Waals surface area contributed by atoms with Gasteiger partial charge in [0.25, 0.3) is 0 Å². The Morgan fingerprint density at radius 1 is 1.14 bits per heavy atom. The van der Waals surface area contributed by atoms with Gasteiger partial charge in [0.2, 0.25) is 11.8 Å². The average Bonchev–Trinajstić information content (AvgIpc) is 3.38. The number of fused-ring (bicyclic) bond motifs is 1. The van der Waals surface area contributed by atoms with Gasteiger partial charge in [0, 0.05) is 46.8 Å². The number of carbonyl (C=O) groups is 2. The van der Waals surface area contributed by atoms with E-state index >= 15 is 0 Å². The third-order valence-electron chi connectivity index (χ3n) is 7.67. The normalized spacial score (nSPS) is 26.2. The highest BCUT2D eigenvalue weighted by Gasteiger charge is 2.54. The van der Waals surface area contributed by atoms with Crippen molar-refractivity contribution in [2.24, 2.45) is 5.92 Å². The molecule has 1 saturated carbocycles. The Hall–Kier alpha value is -2.12. The Bertz CT molecular complexity index is 1120. The van der Waals surface area contributed by atoms with Crippen LogP contribution in [0.1, 0.15) is 37.3 Å². The lowest BCUT2D eigenvalue weighted by Gasteiger charge is -2.44. The van der Waals surface area contributed by atoms with E-state index in [2.05, 4.69) is 17.1 Å². The largest absolute Gasteiger partial charge is 0.378 e. The molecule has 0 spiro atoms. The minimum atomic E-state index is -1.04. The summed E-state index contributed by atoms with van der Waals surface area (Å²) in [6.07, 6.45) is 3.39. The zero-order valence-corrected chi connectivity index (χ0v) is 21.4. The Morgan fingerprint density at radius 3 is 2.63 bits per heavy atom. The van der Waals surface area contributed by atoms with Crippen molar-refractivity contribution in [1.29, 1.82) is 0 Å². The molecule has 5 rings (SSSR count). The number of hydrogen-bond donors (Lipinski definition) is 1. The Balaban J connectivity index is 1.61. The Kier molecular flexibility index (Phi) is 7.09. The maximum Gasteiger partial charge on any atom is 0.249 e. The molecule has 186 valence electrons. The third kappa shape index (κ3) is 4.82. The van der Waals surface area contributed by atoms with E-state index in [0.717, 1.165) is 30.4 Å². The molecule has 8 heteroatoms. The van der Waals surface area contributed by atoms with Crippen LogP contribution in [0.3, 0.4) is 0 Å². The van der Waals surface area contributed by atoms with E-state index < -0.39 is 5.54 Å². The zero-order valence-electron chi connectivity index (χ0n) is 19.9. The first kappa shape index (κ1) is 24.6. The lowest BCUT2D eigenvalue weighted by molar-refractivity contribution is -0.142. The fourth-order valence-corrected chi connectivity index (χ4v) is 6.31. The van der Waals surface area contributed by atoms with Gasteiger partial charge in [-0.2, -0.15) is 0 Å². The van der Waals surface area contributed by atoms with Crippen LogP contribution < -0.4 is 5.32 Å². The predicted molar refractivity (Wildman–Crippen MR) is 138 cm³/mol. The van der Waals surface area contributed by atoms with E-state index in [4.69, 9.17) is 27.9 Å². The minimum absolute atomic E-state index is 0.0357. The molecule has 2 heterocycles. The lowest BCUT2D eigenvalue weighted by Crippen LogP contribution is -2.59. The van der Waals surface area contributed by atoms with E-state index in [1.807, 2.05) is 41.3 Å². The van der Waals surface area contributed by atoms with Crippen molar-refractivity contribution in [3.63, 3.8) is 0 Å². The van der Waals surface area contributed by atoms with Crippen molar-refractivity contribution in [2.45, 2.75) is 44.2 Å². The summed E-state index contributed by atoms with van der Waals surface area (Å²) in [7, 11) is 0. The number of nitrogens with zero attached hydrogens (tertiary/aromatic N) is 2. The van der Waals surface area contributed by atoms with Gasteiger partial charge in [-0.05, 0) is 55.0 Å². The van der Waals surface area contributed by atoms with E-state index in [-0.39, 0.29) is 24.4 Å². The maximum absolute atomic E-state index is 14.0. The van der Waals surface area contributed by atoms with Crippen molar-refractivity contribution in [2.75, 3.05) is 38.2 Å². The monoisotopic (exact) mass is 515 g/mol. The number of carbonyl (C=O) groups excluding carboxylic acids is 2. The molecule has 0 aromatic heterocycles. The quantitative estimate of drug-likeness (QED) is 0.603. The van der Waals surface area contributed by atoms with E-state index in [0.29, 0.717) is 54.4 Å². The standard InChI is InChI=1S/C27H31Cl2N3O3/c1-18-5-7-22(13-18)32(17-25(33)31-9-11-35-12-10-31)27(16-19-3-2-4-20(28)14-19)23-8-6-21(29)15-24(23)30-26(27)34/h2-4,6,8,14-15,18,22H,5,7,9-13,16-17H2,1H3,(H,30,34)/t18-,22?,27?/m1/s1. The second-order valence-corrected chi connectivity index (χ2v) is 10.9. The maximum atomic E-state index is 14.0. The summed E-state index contributed by atoms with van der Waals surface area (Å²) in [5, 5.41) is 4.27. The van der Waals surface area contributed by atoms with Crippen LogP contribution in [0.4, 0.5) is 5.69 Å². The van der Waals surface area contributed by atoms with Gasteiger partial charge in [-0.1, -0.05) is 48.3 Å². The van der Waals surface area contributed by atoms with Crippen molar-refractivity contribution >= 4 is 40.7 Å². The Labute approximate surface area is 216 Å². The summed E-state index contributed by atoms with van der Waals surface area (Å²) < 4.78 is 5.46. The van der Waals surface area contributed by atoms with Gasteiger partial charge in [-0.15, -0.1) is 0 Å². The van der Waals surface area contributed by atoms with E-state index in [1.54, 1.807) is 6.07 Å². The molecule has 3 atom stereocenters. The smallest absolute Gasteiger partial charge is 0.249 e. The summed E-state index contributed by atoms with van der Waals surface area (Å²) in [5.41, 5.74) is 1.48. The van der Waals surface area contributed by atoms with Gasteiger partial charge >= 0.3 is 0 Å². The molecular formula is C27H31Cl2N3O3. The highest BCUT2D eigenvalue weighted by atomic mass is 35.5. The van der Waals surface area contributed by atoms with Crippen LogP contribution in [-0.2, 0) is 26.3 Å². The molecule has 35 heavy (non-hydrogen) atoms. The number of nitrogens with one attached hydrogen (secondary N) is 1. The number of ether oxygens (including phenoxy) is 1. The first-order chi connectivity index (χ1) is 16.9. The van der Waals surface area contributed by atoms with Gasteiger partial charge in [0.15, 0.2) is 0 Å². The molecule has 0 bridgehead atoms. The average molecular weight is 516 g/mol. The fraction of sp³-hybridized carbons (Fsp3) is 0.481. The molecule has 1 saturated heterocycles. The SMILES string of the molecule is C[C@@H]1CCC(N(CC(=O)N2CCOCC2)C2(Cc3cccc(Cl)c3)C(=O)Nc3cc(Cl)ccc32)C1. The molecule has 6 nitrogen and oxygen atoms in total. The molecule has 2 amide bonds. The summed E-state index contributed by atoms with van der Waals surface area (Å²) >= 11 is 12.6. The van der Waals surface area contributed by atoms with Crippen LogP contribution in [0.5, 0.6) is 0 Å². The fourth-order valence-electron chi connectivity index (χ4n) is 5.93. The summed E-state index contributed by atoms with van der Waals surface area (Å²) in [6, 6.07) is 13.3. The summed E-state index contributed by atoms with van der Waals surface area (Å²) in [6.45, 7) is 4.66. The van der Waals surface area contributed by atoms with Gasteiger partial charge < -0.3 is 15.0 Å². The van der Waals surface area contributed by atoms with Gasteiger partial charge in [0.05, 0.1) is 19.8 Å². The number of hydrogen-bond acceptors (Lipinski definition) is 4. The van der Waals surface area contributed by atoms with Crippen molar-refractivity contribution in [3.05, 3.63) is 63.6 Å². The van der Waals surface area contributed by atoms with Crippen LogP contribution in [0.15, 0.2) is 42.5 Å². The van der Waals surface area contributed by atoms with E-state index in [1.165, 1.54) is 0 Å². The molecule has 2 aromatic rings.